The number of nitrogens with zero attached hydrogens (tertiary/aromatic N) is 7. The van der Waals surface area contributed by atoms with Gasteiger partial charge < -0.3 is 15.1 Å². The van der Waals surface area contributed by atoms with E-state index in [1.807, 2.05) is 7.05 Å². The summed E-state index contributed by atoms with van der Waals surface area (Å²) < 4.78 is 44.6. The fourth-order valence-electron chi connectivity index (χ4n) is 5.44. The normalized spacial score (nSPS) is 14.9. The van der Waals surface area contributed by atoms with Gasteiger partial charge in [-0.25, -0.2) is 14.2 Å². The van der Waals surface area contributed by atoms with Crippen molar-refractivity contribution in [1.29, 1.82) is 0 Å². The maximum Gasteiger partial charge on any atom is 0.416 e. The molecule has 0 radical (unpaired) electrons. The van der Waals surface area contributed by atoms with Crippen LogP contribution < -0.4 is 10.9 Å². The topological polar surface area (TPSA) is 102 Å². The number of rotatable bonds is 6. The molecule has 2 amide bonds. The molecule has 45 heavy (non-hydrogen) atoms. The zero-order chi connectivity index (χ0) is 32.5. The standard InChI is InChI=1S/C31H31F3N8O3/c1-20(29(44)40-16-6-15-38(3)17-18-40)37-28(43)26-27(25-13-14-36-41(25)23-11-9-22(35-2)10-12-23)39(4)42(30(26)45)24-8-5-7-21(19-24)31(32,33)34/h5,7-14,19-20H,6,15-18H2,1,3-4H3,(H,37,43)/t20-/m0/s1. The van der Waals surface area contributed by atoms with E-state index in [9.17, 15) is 27.6 Å². The van der Waals surface area contributed by atoms with Gasteiger partial charge in [0.15, 0.2) is 5.69 Å². The quantitative estimate of drug-likeness (QED) is 0.330. The predicted molar refractivity (Wildman–Crippen MR) is 160 cm³/mol. The van der Waals surface area contributed by atoms with Crippen molar-refractivity contribution in [3.05, 3.63) is 93.7 Å². The van der Waals surface area contributed by atoms with Gasteiger partial charge in [-0.05, 0) is 63.3 Å². The lowest BCUT2D eigenvalue weighted by atomic mass is 10.1. The average molecular weight is 621 g/mol. The summed E-state index contributed by atoms with van der Waals surface area (Å²) in [5, 5.41) is 7.01. The molecular formula is C31H31F3N8O3. The molecule has 1 aliphatic heterocycles. The van der Waals surface area contributed by atoms with Gasteiger partial charge in [0, 0.05) is 26.7 Å². The van der Waals surface area contributed by atoms with Crippen molar-refractivity contribution in [2.75, 3.05) is 33.2 Å². The second-order valence-corrected chi connectivity index (χ2v) is 10.8. The molecule has 1 atom stereocenters. The molecule has 1 saturated heterocycles. The molecule has 4 aromatic rings. The zero-order valence-corrected chi connectivity index (χ0v) is 24.9. The van der Waals surface area contributed by atoms with E-state index in [0.717, 1.165) is 29.8 Å². The molecule has 0 spiro atoms. The third kappa shape index (κ3) is 6.25. The number of halogens is 3. The maximum atomic E-state index is 14.0. The molecule has 2 aromatic carbocycles. The van der Waals surface area contributed by atoms with Crippen LogP contribution in [0.15, 0.2) is 65.6 Å². The number of nitrogens with one attached hydrogen (secondary N) is 1. The number of amides is 2. The molecule has 3 heterocycles. The van der Waals surface area contributed by atoms with E-state index in [1.165, 1.54) is 41.7 Å². The van der Waals surface area contributed by atoms with Gasteiger partial charge in [0.25, 0.3) is 11.5 Å². The van der Waals surface area contributed by atoms with Crippen molar-refractivity contribution in [2.45, 2.75) is 25.6 Å². The lowest BCUT2D eigenvalue weighted by Gasteiger charge is -2.24. The zero-order valence-electron chi connectivity index (χ0n) is 24.9. The van der Waals surface area contributed by atoms with E-state index in [-0.39, 0.29) is 28.5 Å². The first-order valence-electron chi connectivity index (χ1n) is 14.2. The lowest BCUT2D eigenvalue weighted by Crippen LogP contribution is -2.48. The molecule has 2 aromatic heterocycles. The van der Waals surface area contributed by atoms with Crippen molar-refractivity contribution in [2.24, 2.45) is 7.05 Å². The fraction of sp³-hybridized carbons (Fsp3) is 0.323. The predicted octanol–water partition coefficient (Wildman–Crippen LogP) is 3.88. The molecule has 14 heteroatoms. The Morgan fingerprint density at radius 2 is 1.73 bits per heavy atom. The molecule has 1 N–H and O–H groups in total. The molecule has 0 unspecified atom stereocenters. The Bertz CT molecular complexity index is 1830. The summed E-state index contributed by atoms with van der Waals surface area (Å²) in [6.45, 7) is 11.3. The fourth-order valence-corrected chi connectivity index (χ4v) is 5.44. The Hall–Kier alpha value is -5.16. The average Bonchev–Trinajstić information content (AvgIpc) is 3.51. The number of alkyl halides is 3. The number of hydrogen-bond donors (Lipinski definition) is 1. The van der Waals surface area contributed by atoms with Gasteiger partial charge in [-0.2, -0.15) is 18.3 Å². The highest BCUT2D eigenvalue weighted by Crippen LogP contribution is 2.31. The number of aromatic nitrogens is 4. The molecule has 0 aliphatic carbocycles. The number of carbonyl (C=O) groups is 2. The SMILES string of the molecule is [C-]#[N+]c1ccc(-n2nccc2-c2c(C(=O)N[C@@H](C)C(=O)N3CCCN(C)CC3)c(=O)n(-c3cccc(C(F)(F)F)c3)n2C)cc1. The van der Waals surface area contributed by atoms with Gasteiger partial charge in [0.1, 0.15) is 17.3 Å². The van der Waals surface area contributed by atoms with Crippen molar-refractivity contribution >= 4 is 17.5 Å². The molecule has 1 fully saturated rings. The lowest BCUT2D eigenvalue weighted by molar-refractivity contribution is -0.137. The molecule has 5 rings (SSSR count). The van der Waals surface area contributed by atoms with Gasteiger partial charge in [-0.3, -0.25) is 19.1 Å². The van der Waals surface area contributed by atoms with E-state index in [2.05, 4.69) is 20.2 Å². The minimum absolute atomic E-state index is 0.0673. The van der Waals surface area contributed by atoms with Crippen LogP contribution in [0.4, 0.5) is 18.9 Å². The van der Waals surface area contributed by atoms with Crippen LogP contribution in [-0.4, -0.2) is 80.0 Å². The van der Waals surface area contributed by atoms with E-state index in [0.29, 0.717) is 31.0 Å². The minimum Gasteiger partial charge on any atom is -0.340 e. The molecule has 11 nitrogen and oxygen atoms in total. The maximum absolute atomic E-state index is 14.0. The summed E-state index contributed by atoms with van der Waals surface area (Å²) in [7, 11) is 3.42. The first-order chi connectivity index (χ1) is 21.4. The third-order valence-corrected chi connectivity index (χ3v) is 7.77. The smallest absolute Gasteiger partial charge is 0.340 e. The van der Waals surface area contributed by atoms with Crippen LogP contribution in [0, 0.1) is 6.57 Å². The van der Waals surface area contributed by atoms with Gasteiger partial charge in [-0.15, -0.1) is 0 Å². The minimum atomic E-state index is -4.66. The van der Waals surface area contributed by atoms with Crippen LogP contribution in [0.5, 0.6) is 0 Å². The highest BCUT2D eigenvalue weighted by atomic mass is 19.4. The van der Waals surface area contributed by atoms with Crippen molar-refractivity contribution < 1.29 is 22.8 Å². The first kappa shape index (κ1) is 31.3. The Morgan fingerprint density at radius 1 is 1.00 bits per heavy atom. The van der Waals surface area contributed by atoms with Crippen LogP contribution in [0.25, 0.3) is 27.6 Å². The molecule has 0 saturated carbocycles. The summed E-state index contributed by atoms with van der Waals surface area (Å²) in [4.78, 5) is 48.4. The molecule has 234 valence electrons. The highest BCUT2D eigenvalue weighted by Gasteiger charge is 2.33. The molecule has 1 aliphatic rings. The molecule has 0 bridgehead atoms. The monoisotopic (exact) mass is 620 g/mol. The van der Waals surface area contributed by atoms with Gasteiger partial charge >= 0.3 is 6.18 Å². The summed E-state index contributed by atoms with van der Waals surface area (Å²) in [6.07, 6.45) is -2.44. The van der Waals surface area contributed by atoms with E-state index >= 15 is 0 Å². The number of carbonyl (C=O) groups excluding carboxylic acids is 2. The first-order valence-corrected chi connectivity index (χ1v) is 14.2. The summed E-state index contributed by atoms with van der Waals surface area (Å²) in [5.74, 6) is -1.17. The van der Waals surface area contributed by atoms with E-state index in [1.54, 1.807) is 35.2 Å². The van der Waals surface area contributed by atoms with Crippen LogP contribution in [0.3, 0.4) is 0 Å². The molecular weight excluding hydrogens is 589 g/mol. The Kier molecular flexibility index (Phi) is 8.65. The Labute approximate surface area is 256 Å². The summed E-state index contributed by atoms with van der Waals surface area (Å²) >= 11 is 0. The summed E-state index contributed by atoms with van der Waals surface area (Å²) in [6, 6.07) is 11.3. The number of benzene rings is 2. The van der Waals surface area contributed by atoms with Crippen molar-refractivity contribution in [3.8, 4) is 22.8 Å². The van der Waals surface area contributed by atoms with Crippen molar-refractivity contribution in [3.63, 3.8) is 0 Å². The Morgan fingerprint density at radius 3 is 2.42 bits per heavy atom. The van der Waals surface area contributed by atoms with Crippen molar-refractivity contribution in [1.82, 2.24) is 34.3 Å². The van der Waals surface area contributed by atoms with Gasteiger partial charge in [-0.1, -0.05) is 18.2 Å². The van der Waals surface area contributed by atoms with E-state index in [4.69, 9.17) is 6.57 Å². The summed E-state index contributed by atoms with van der Waals surface area (Å²) in [5.41, 5.74) is -1.06. The van der Waals surface area contributed by atoms with Crippen LogP contribution in [-0.2, 0) is 18.0 Å². The van der Waals surface area contributed by atoms with E-state index < -0.39 is 29.2 Å². The van der Waals surface area contributed by atoms with Crippen LogP contribution in [0.1, 0.15) is 29.3 Å². The highest BCUT2D eigenvalue weighted by molar-refractivity contribution is 6.02. The Balaban J connectivity index is 1.61. The second-order valence-electron chi connectivity index (χ2n) is 10.8. The van der Waals surface area contributed by atoms with Gasteiger partial charge in [0.2, 0.25) is 5.91 Å². The largest absolute Gasteiger partial charge is 0.416 e. The number of hydrogen-bond acceptors (Lipinski definition) is 5. The van der Waals surface area contributed by atoms with Crippen LogP contribution in [0.2, 0.25) is 0 Å². The second kappa shape index (κ2) is 12.4. The van der Waals surface area contributed by atoms with Crippen LogP contribution >= 0.6 is 0 Å². The van der Waals surface area contributed by atoms with Gasteiger partial charge in [0.05, 0.1) is 35.4 Å². The third-order valence-electron chi connectivity index (χ3n) is 7.77. The number of likely N-dealkylation sites (N-methyl/N-ethyl adjacent to an activating group) is 1.